The number of piperazine rings is 1. The second-order valence-electron chi connectivity index (χ2n) is 8.70. The summed E-state index contributed by atoms with van der Waals surface area (Å²) in [6.45, 7) is 4.12. The average Bonchev–Trinajstić information content (AvgIpc) is 3.37. The van der Waals surface area contributed by atoms with Crippen LogP contribution < -0.4 is 15.8 Å². The molecular formula is C25H22Cl2N8O. The molecule has 0 radical (unpaired) electrons. The summed E-state index contributed by atoms with van der Waals surface area (Å²) >= 11 is 12.8. The molecule has 0 unspecified atom stereocenters. The second kappa shape index (κ2) is 9.09. The van der Waals surface area contributed by atoms with Gasteiger partial charge in [-0.05, 0) is 43.4 Å². The molecule has 1 N–H and O–H groups in total. The van der Waals surface area contributed by atoms with Crippen LogP contribution in [0.2, 0.25) is 10.0 Å². The maximum absolute atomic E-state index is 13.5. The van der Waals surface area contributed by atoms with E-state index in [1.165, 1.54) is 16.6 Å². The lowest BCUT2D eigenvalue weighted by Gasteiger charge is -2.34. The third-order valence-electron chi connectivity index (χ3n) is 6.40. The maximum atomic E-state index is 13.5. The Hall–Kier alpha value is -3.66. The Labute approximate surface area is 216 Å². The maximum Gasteiger partial charge on any atom is 0.281 e. The first kappa shape index (κ1) is 22.8. The van der Waals surface area contributed by atoms with Gasteiger partial charge in [-0.2, -0.15) is 0 Å². The van der Waals surface area contributed by atoms with Crippen molar-refractivity contribution >= 4 is 57.1 Å². The molecule has 2 aromatic carbocycles. The van der Waals surface area contributed by atoms with Crippen LogP contribution in [-0.2, 0) is 0 Å². The second-order valence-corrected chi connectivity index (χ2v) is 9.52. The van der Waals surface area contributed by atoms with E-state index in [2.05, 4.69) is 49.2 Å². The van der Waals surface area contributed by atoms with Gasteiger partial charge in [0.1, 0.15) is 11.2 Å². The Balaban J connectivity index is 1.36. The van der Waals surface area contributed by atoms with Gasteiger partial charge in [0.15, 0.2) is 5.65 Å². The molecule has 0 amide bonds. The number of hydrogen-bond donors (Lipinski definition) is 1. The van der Waals surface area contributed by atoms with E-state index in [1.807, 2.05) is 12.1 Å². The molecular weight excluding hydrogens is 499 g/mol. The van der Waals surface area contributed by atoms with E-state index < -0.39 is 0 Å². The van der Waals surface area contributed by atoms with E-state index in [1.54, 1.807) is 35.1 Å². The molecule has 0 saturated carbocycles. The van der Waals surface area contributed by atoms with Crippen LogP contribution in [0.4, 0.5) is 17.3 Å². The number of fused-ring (bicyclic) bond motifs is 3. The monoisotopic (exact) mass is 520 g/mol. The number of imidazole rings is 1. The predicted molar refractivity (Wildman–Crippen MR) is 143 cm³/mol. The summed E-state index contributed by atoms with van der Waals surface area (Å²) in [6, 6.07) is 13.3. The number of likely N-dealkylation sites (N-methyl/N-ethyl adjacent to an activating group) is 1. The lowest BCUT2D eigenvalue weighted by Crippen LogP contribution is -2.44. The van der Waals surface area contributed by atoms with E-state index in [4.69, 9.17) is 23.2 Å². The summed E-state index contributed by atoms with van der Waals surface area (Å²) < 4.78 is 2.99. The lowest BCUT2D eigenvalue weighted by atomic mass is 10.2. The number of aromatic nitrogens is 5. The van der Waals surface area contributed by atoms with Crippen molar-refractivity contribution in [3.8, 4) is 5.69 Å². The van der Waals surface area contributed by atoms with Crippen LogP contribution in [0.25, 0.3) is 22.2 Å². The first-order valence-electron chi connectivity index (χ1n) is 11.5. The lowest BCUT2D eigenvalue weighted by molar-refractivity contribution is 0.313. The van der Waals surface area contributed by atoms with Crippen molar-refractivity contribution in [1.29, 1.82) is 0 Å². The highest BCUT2D eigenvalue weighted by Crippen LogP contribution is 2.29. The van der Waals surface area contributed by atoms with Gasteiger partial charge in [-0.3, -0.25) is 4.79 Å². The summed E-state index contributed by atoms with van der Waals surface area (Å²) in [6.07, 6.45) is 4.77. The van der Waals surface area contributed by atoms with Crippen molar-refractivity contribution in [2.24, 2.45) is 0 Å². The Kier molecular flexibility index (Phi) is 5.75. The summed E-state index contributed by atoms with van der Waals surface area (Å²) in [7, 11) is 2.15. The van der Waals surface area contributed by atoms with Crippen molar-refractivity contribution in [3.05, 3.63) is 81.5 Å². The van der Waals surface area contributed by atoms with E-state index in [-0.39, 0.29) is 5.56 Å². The molecule has 11 heteroatoms. The van der Waals surface area contributed by atoms with Gasteiger partial charge in [-0.1, -0.05) is 29.3 Å². The SMILES string of the molecule is CN1CCN(c2ccc(Nc3ncc4c(=O)n(-c5c(Cl)cccc5Cl)n5ccnc5c4n3)cc2)CC1. The van der Waals surface area contributed by atoms with Crippen LogP contribution in [-0.4, -0.2) is 62.3 Å². The zero-order chi connectivity index (χ0) is 24.8. The van der Waals surface area contributed by atoms with Gasteiger partial charge >= 0.3 is 0 Å². The van der Waals surface area contributed by atoms with Gasteiger partial charge in [0, 0.05) is 56.1 Å². The minimum Gasteiger partial charge on any atom is -0.369 e. The quantitative estimate of drug-likeness (QED) is 0.379. The molecule has 182 valence electrons. The van der Waals surface area contributed by atoms with Crippen LogP contribution in [0.1, 0.15) is 0 Å². The van der Waals surface area contributed by atoms with Crippen molar-refractivity contribution in [1.82, 2.24) is 29.0 Å². The van der Waals surface area contributed by atoms with E-state index >= 15 is 0 Å². The molecule has 1 aliphatic rings. The molecule has 6 rings (SSSR count). The van der Waals surface area contributed by atoms with Crippen LogP contribution in [0.15, 0.2) is 65.8 Å². The molecule has 5 aromatic rings. The molecule has 0 spiro atoms. The number of anilines is 3. The molecule has 0 bridgehead atoms. The highest BCUT2D eigenvalue weighted by Gasteiger charge is 2.19. The molecule has 1 saturated heterocycles. The first-order chi connectivity index (χ1) is 17.5. The summed E-state index contributed by atoms with van der Waals surface area (Å²) in [5.41, 5.74) is 2.97. The molecule has 0 atom stereocenters. The minimum atomic E-state index is -0.353. The number of benzene rings is 2. The number of nitrogens with one attached hydrogen (secondary N) is 1. The average molecular weight is 521 g/mol. The van der Waals surface area contributed by atoms with Gasteiger partial charge < -0.3 is 15.1 Å². The number of para-hydroxylation sites is 1. The molecule has 9 nitrogen and oxygen atoms in total. The van der Waals surface area contributed by atoms with Crippen LogP contribution in [0.5, 0.6) is 0 Å². The topological polar surface area (TPSA) is 83.6 Å². The highest BCUT2D eigenvalue weighted by atomic mass is 35.5. The number of rotatable bonds is 4. The van der Waals surface area contributed by atoms with Crippen molar-refractivity contribution in [3.63, 3.8) is 0 Å². The summed E-state index contributed by atoms with van der Waals surface area (Å²) in [5.74, 6) is 0.368. The van der Waals surface area contributed by atoms with Crippen LogP contribution >= 0.6 is 23.2 Å². The Morgan fingerprint density at radius 3 is 2.39 bits per heavy atom. The zero-order valence-corrected chi connectivity index (χ0v) is 20.9. The molecule has 1 fully saturated rings. The first-order valence-corrected chi connectivity index (χ1v) is 12.3. The van der Waals surface area contributed by atoms with E-state index in [9.17, 15) is 4.79 Å². The standard InChI is InChI=1S/C25H22Cl2N8O/c1-32-11-13-33(14-12-32)17-7-5-16(6-8-17)30-25-29-15-18-21(31-25)23-28-9-10-34(23)35(24(18)36)22-19(26)3-2-4-20(22)27/h2-10,15H,11-14H2,1H3,(H,29,30,31). The van der Waals surface area contributed by atoms with Gasteiger partial charge in [0.25, 0.3) is 5.56 Å². The Morgan fingerprint density at radius 1 is 0.944 bits per heavy atom. The molecule has 1 aliphatic heterocycles. The molecule has 3 aromatic heterocycles. The Bertz CT molecular complexity index is 1620. The van der Waals surface area contributed by atoms with Crippen LogP contribution in [0, 0.1) is 0 Å². The third-order valence-corrected chi connectivity index (χ3v) is 7.01. The molecule has 36 heavy (non-hydrogen) atoms. The minimum absolute atomic E-state index is 0.306. The predicted octanol–water partition coefficient (Wildman–Crippen LogP) is 4.23. The highest BCUT2D eigenvalue weighted by molar-refractivity contribution is 6.37. The van der Waals surface area contributed by atoms with Crippen molar-refractivity contribution in [2.45, 2.75) is 0 Å². The number of nitrogens with zero attached hydrogens (tertiary/aromatic N) is 7. The number of hydrogen-bond acceptors (Lipinski definition) is 7. The number of halogens is 2. The third kappa shape index (κ3) is 3.95. The van der Waals surface area contributed by atoms with Crippen molar-refractivity contribution < 1.29 is 0 Å². The van der Waals surface area contributed by atoms with E-state index in [0.29, 0.717) is 38.2 Å². The van der Waals surface area contributed by atoms with Crippen LogP contribution in [0.3, 0.4) is 0 Å². The smallest absolute Gasteiger partial charge is 0.281 e. The van der Waals surface area contributed by atoms with Gasteiger partial charge in [0.2, 0.25) is 5.95 Å². The molecule has 4 heterocycles. The van der Waals surface area contributed by atoms with Gasteiger partial charge in [0.05, 0.1) is 15.4 Å². The fourth-order valence-electron chi connectivity index (χ4n) is 4.46. The molecule has 0 aliphatic carbocycles. The summed E-state index contributed by atoms with van der Waals surface area (Å²) in [4.78, 5) is 31.7. The fraction of sp³-hybridized carbons (Fsp3) is 0.200. The normalized spacial score (nSPS) is 14.6. The summed E-state index contributed by atoms with van der Waals surface area (Å²) in [5, 5.41) is 4.23. The largest absolute Gasteiger partial charge is 0.369 e. The zero-order valence-electron chi connectivity index (χ0n) is 19.4. The van der Waals surface area contributed by atoms with Crippen molar-refractivity contribution in [2.75, 3.05) is 43.4 Å². The van der Waals surface area contributed by atoms with Gasteiger partial charge in [-0.25, -0.2) is 24.1 Å². The van der Waals surface area contributed by atoms with Gasteiger partial charge in [-0.15, -0.1) is 0 Å². The van der Waals surface area contributed by atoms with E-state index in [0.717, 1.165) is 31.9 Å². The Morgan fingerprint density at radius 2 is 1.67 bits per heavy atom. The fourth-order valence-corrected chi connectivity index (χ4v) is 5.02.